The van der Waals surface area contributed by atoms with E-state index in [-0.39, 0.29) is 11.0 Å². The number of hydrogen-bond acceptors (Lipinski definition) is 5. The number of hydrogen-bond donors (Lipinski definition) is 1. The van der Waals surface area contributed by atoms with Crippen molar-refractivity contribution in [3.05, 3.63) is 56.3 Å². The van der Waals surface area contributed by atoms with Crippen molar-refractivity contribution in [2.24, 2.45) is 17.8 Å². The summed E-state index contributed by atoms with van der Waals surface area (Å²) in [5.74, 6) is 2.01. The van der Waals surface area contributed by atoms with Crippen molar-refractivity contribution >= 4 is 44.9 Å². The molecule has 30 heavy (non-hydrogen) atoms. The van der Waals surface area contributed by atoms with Gasteiger partial charge >= 0.3 is 5.63 Å². The third-order valence-electron chi connectivity index (χ3n) is 7.25. The van der Waals surface area contributed by atoms with Crippen LogP contribution in [0.15, 0.2) is 38.9 Å². The van der Waals surface area contributed by atoms with E-state index in [9.17, 15) is 9.59 Å². The molecule has 154 valence electrons. The normalized spacial score (nSPS) is 29.4. The van der Waals surface area contributed by atoms with E-state index >= 15 is 0 Å². The highest BCUT2D eigenvalue weighted by atomic mass is 35.5. The molecule has 4 bridgehead atoms. The van der Waals surface area contributed by atoms with E-state index < -0.39 is 11.5 Å². The number of nitrogens with zero attached hydrogens (tertiary/aromatic N) is 1. The van der Waals surface area contributed by atoms with Crippen LogP contribution in [-0.2, 0) is 5.41 Å². The van der Waals surface area contributed by atoms with Crippen LogP contribution in [0.2, 0.25) is 5.02 Å². The van der Waals surface area contributed by atoms with Crippen molar-refractivity contribution in [3.8, 4) is 0 Å². The van der Waals surface area contributed by atoms with Gasteiger partial charge in [-0.2, -0.15) is 0 Å². The van der Waals surface area contributed by atoms with Crippen molar-refractivity contribution < 1.29 is 9.21 Å². The number of aromatic nitrogens is 1. The molecule has 4 saturated carbocycles. The number of halogens is 1. The number of carbonyl (C=O) groups excluding carboxylic acids is 1. The number of rotatable bonds is 3. The van der Waals surface area contributed by atoms with E-state index in [1.807, 2.05) is 0 Å². The number of thiazole rings is 1. The molecule has 1 amide bonds. The summed E-state index contributed by atoms with van der Waals surface area (Å²) in [6.07, 6.45) is 7.83. The Hall–Kier alpha value is -2.18. The summed E-state index contributed by atoms with van der Waals surface area (Å²) >= 11 is 7.46. The number of carbonyl (C=O) groups is 1. The number of anilines is 1. The predicted octanol–water partition coefficient (Wildman–Crippen LogP) is 5.62. The minimum atomic E-state index is -0.666. The highest BCUT2D eigenvalue weighted by Crippen LogP contribution is 2.60. The van der Waals surface area contributed by atoms with Gasteiger partial charge in [-0.1, -0.05) is 11.6 Å². The first-order valence-electron chi connectivity index (χ1n) is 10.5. The summed E-state index contributed by atoms with van der Waals surface area (Å²) in [6.45, 7) is 0. The van der Waals surface area contributed by atoms with Crippen molar-refractivity contribution in [2.75, 3.05) is 5.32 Å². The Morgan fingerprint density at radius 2 is 1.83 bits per heavy atom. The average Bonchev–Trinajstić information content (AvgIpc) is 3.16. The van der Waals surface area contributed by atoms with Gasteiger partial charge in [0.1, 0.15) is 11.1 Å². The van der Waals surface area contributed by atoms with Gasteiger partial charge in [0.15, 0.2) is 5.13 Å². The molecule has 4 fully saturated rings. The van der Waals surface area contributed by atoms with E-state index in [1.165, 1.54) is 55.9 Å². The molecule has 1 N–H and O–H groups in total. The maximum absolute atomic E-state index is 12.8. The molecular weight excluding hydrogens is 420 g/mol. The molecule has 2 heterocycles. The first kappa shape index (κ1) is 18.6. The lowest BCUT2D eigenvalue weighted by Gasteiger charge is -2.56. The SMILES string of the molecule is O=C(Nc1nc(C23CC4CC(CC(C4)C2)C3)cs1)c1cc2cc(Cl)ccc2oc1=O. The van der Waals surface area contributed by atoms with Crippen LogP contribution in [0.3, 0.4) is 0 Å². The van der Waals surface area contributed by atoms with E-state index in [1.54, 1.807) is 18.2 Å². The average molecular weight is 441 g/mol. The van der Waals surface area contributed by atoms with E-state index in [0.717, 1.165) is 23.4 Å². The summed E-state index contributed by atoms with van der Waals surface area (Å²) in [5.41, 5.74) is 1.00. The van der Waals surface area contributed by atoms with Crippen molar-refractivity contribution in [1.82, 2.24) is 4.98 Å². The number of nitrogens with one attached hydrogen (secondary N) is 1. The van der Waals surface area contributed by atoms with E-state index in [4.69, 9.17) is 21.0 Å². The molecule has 1 aromatic carbocycles. The Morgan fingerprint density at radius 1 is 1.13 bits per heavy atom. The zero-order chi connectivity index (χ0) is 20.5. The van der Waals surface area contributed by atoms with Crippen molar-refractivity contribution in [1.29, 1.82) is 0 Å². The fraction of sp³-hybridized carbons (Fsp3) is 0.435. The lowest BCUT2D eigenvalue weighted by atomic mass is 9.49. The fourth-order valence-electron chi connectivity index (χ4n) is 6.42. The molecular formula is C23H21ClN2O3S. The van der Waals surface area contributed by atoms with Crippen molar-refractivity contribution in [3.63, 3.8) is 0 Å². The Balaban J connectivity index is 1.27. The molecule has 7 rings (SSSR count). The lowest BCUT2D eigenvalue weighted by molar-refractivity contribution is -0.00688. The summed E-state index contributed by atoms with van der Waals surface area (Å²) in [6, 6.07) is 6.47. The van der Waals surface area contributed by atoms with Crippen LogP contribution in [-0.4, -0.2) is 10.9 Å². The second-order valence-electron chi connectivity index (χ2n) is 9.32. The summed E-state index contributed by atoms with van der Waals surface area (Å²) in [4.78, 5) is 29.9. The van der Waals surface area contributed by atoms with Crippen molar-refractivity contribution in [2.45, 2.75) is 43.9 Å². The first-order chi connectivity index (χ1) is 14.5. The highest BCUT2D eigenvalue weighted by Gasteiger charge is 2.52. The minimum absolute atomic E-state index is 0.0451. The van der Waals surface area contributed by atoms with E-state index in [2.05, 4.69) is 10.7 Å². The lowest BCUT2D eigenvalue weighted by Crippen LogP contribution is -2.48. The fourth-order valence-corrected chi connectivity index (χ4v) is 7.43. The van der Waals surface area contributed by atoms with Gasteiger partial charge in [-0.15, -0.1) is 11.3 Å². The van der Waals surface area contributed by atoms with Gasteiger partial charge in [0.05, 0.1) is 5.69 Å². The zero-order valence-electron chi connectivity index (χ0n) is 16.3. The molecule has 0 spiro atoms. The Morgan fingerprint density at radius 3 is 2.53 bits per heavy atom. The third kappa shape index (κ3) is 3.00. The largest absolute Gasteiger partial charge is 0.422 e. The smallest absolute Gasteiger partial charge is 0.349 e. The molecule has 2 aromatic heterocycles. The molecule has 0 saturated heterocycles. The molecule has 5 nitrogen and oxygen atoms in total. The maximum atomic E-state index is 12.8. The maximum Gasteiger partial charge on any atom is 0.349 e. The van der Waals surface area contributed by atoms with Gasteiger partial charge in [0.2, 0.25) is 0 Å². The Bertz CT molecular complexity index is 1200. The van der Waals surface area contributed by atoms with Crippen LogP contribution in [0.1, 0.15) is 54.6 Å². The second-order valence-corrected chi connectivity index (χ2v) is 10.6. The molecule has 0 atom stereocenters. The second kappa shape index (κ2) is 6.66. The highest BCUT2D eigenvalue weighted by molar-refractivity contribution is 7.14. The molecule has 0 radical (unpaired) electrons. The van der Waals surface area contributed by atoms with Crippen LogP contribution in [0.4, 0.5) is 5.13 Å². The van der Waals surface area contributed by atoms with Gasteiger partial charge in [-0.05, 0) is 80.5 Å². The molecule has 4 aliphatic rings. The van der Waals surface area contributed by atoms with Gasteiger partial charge in [0, 0.05) is 21.2 Å². The molecule has 3 aromatic rings. The van der Waals surface area contributed by atoms with Crippen LogP contribution < -0.4 is 10.9 Å². The van der Waals surface area contributed by atoms with Gasteiger partial charge in [-0.25, -0.2) is 9.78 Å². The monoisotopic (exact) mass is 440 g/mol. The van der Waals surface area contributed by atoms with Crippen LogP contribution in [0.5, 0.6) is 0 Å². The standard InChI is InChI=1S/C23H21ClN2O3S/c24-16-1-2-18-15(6-16)7-17(21(28)29-18)20(27)26-22-25-19(11-30-22)23-8-12-3-13(9-23)5-14(4-12)10-23/h1-2,6-7,11-14H,3-5,8-10H2,(H,25,26,27). The molecule has 0 aliphatic heterocycles. The predicted molar refractivity (Wildman–Crippen MR) is 117 cm³/mol. The summed E-state index contributed by atoms with van der Waals surface area (Å²) < 4.78 is 5.28. The number of amides is 1. The minimum Gasteiger partial charge on any atom is -0.422 e. The van der Waals surface area contributed by atoms with Gasteiger partial charge in [-0.3, -0.25) is 10.1 Å². The van der Waals surface area contributed by atoms with Gasteiger partial charge < -0.3 is 4.42 Å². The summed E-state index contributed by atoms with van der Waals surface area (Å²) in [7, 11) is 0. The quantitative estimate of drug-likeness (QED) is 0.536. The third-order valence-corrected chi connectivity index (χ3v) is 8.24. The number of fused-ring (bicyclic) bond motifs is 1. The molecule has 4 aliphatic carbocycles. The molecule has 0 unspecified atom stereocenters. The Kier molecular flexibility index (Phi) is 4.12. The van der Waals surface area contributed by atoms with Gasteiger partial charge in [0.25, 0.3) is 5.91 Å². The Labute approximate surface area is 182 Å². The summed E-state index contributed by atoms with van der Waals surface area (Å²) in [5, 5.41) is 6.58. The van der Waals surface area contributed by atoms with Crippen LogP contribution >= 0.6 is 22.9 Å². The molecule has 7 heteroatoms. The zero-order valence-corrected chi connectivity index (χ0v) is 17.9. The first-order valence-corrected chi connectivity index (χ1v) is 11.7. The van der Waals surface area contributed by atoms with Crippen LogP contribution in [0, 0.1) is 17.8 Å². The number of benzene rings is 1. The topological polar surface area (TPSA) is 72.2 Å². The van der Waals surface area contributed by atoms with Crippen LogP contribution in [0.25, 0.3) is 11.0 Å². The van der Waals surface area contributed by atoms with E-state index in [0.29, 0.717) is 21.1 Å².